The first-order chi connectivity index (χ1) is 11.3. The highest BCUT2D eigenvalue weighted by Gasteiger charge is 2.38. The van der Waals surface area contributed by atoms with Crippen LogP contribution in [0, 0.1) is 10.1 Å². The molecule has 8 nitrogen and oxygen atoms in total. The molecule has 0 unspecified atom stereocenters. The van der Waals surface area contributed by atoms with Gasteiger partial charge in [-0.05, 0) is 12.0 Å². The molecule has 1 fully saturated rings. The fourth-order valence-electron chi connectivity index (χ4n) is 2.95. The maximum Gasteiger partial charge on any atom is 0.269 e. The Morgan fingerprint density at radius 3 is 2.79 bits per heavy atom. The standard InChI is InChI=1S/C16H21N3O5/c1-3-14(11-5-4-6-12(7-11)19(23)24)17-16(22)15-8-13(21)9-18(15)10(2)20/h4-7,13-15,21H,3,8-9H2,1-2H3,(H,17,22)/t13-,14-,15+/m0/s1. The Morgan fingerprint density at radius 2 is 2.21 bits per heavy atom. The van der Waals surface area contributed by atoms with Gasteiger partial charge in [-0.1, -0.05) is 19.1 Å². The zero-order valence-electron chi connectivity index (χ0n) is 13.6. The first-order valence-corrected chi connectivity index (χ1v) is 7.83. The van der Waals surface area contributed by atoms with Gasteiger partial charge in [0.1, 0.15) is 6.04 Å². The fourth-order valence-corrected chi connectivity index (χ4v) is 2.95. The van der Waals surface area contributed by atoms with Gasteiger partial charge in [0.25, 0.3) is 5.69 Å². The lowest BCUT2D eigenvalue weighted by Crippen LogP contribution is -2.46. The average Bonchev–Trinajstić information content (AvgIpc) is 2.94. The number of rotatable bonds is 5. The van der Waals surface area contributed by atoms with Crippen molar-refractivity contribution in [3.63, 3.8) is 0 Å². The van der Waals surface area contributed by atoms with Gasteiger partial charge in [0.05, 0.1) is 17.1 Å². The molecule has 0 radical (unpaired) electrons. The number of nitrogens with zero attached hydrogens (tertiary/aromatic N) is 2. The molecule has 0 aromatic heterocycles. The molecule has 0 bridgehead atoms. The SMILES string of the molecule is CC[C@H](NC(=O)[C@H]1C[C@H](O)CN1C(C)=O)c1cccc([N+](=O)[O-])c1. The molecule has 0 spiro atoms. The smallest absolute Gasteiger partial charge is 0.269 e. The quantitative estimate of drug-likeness (QED) is 0.619. The lowest BCUT2D eigenvalue weighted by Gasteiger charge is -2.25. The lowest BCUT2D eigenvalue weighted by molar-refractivity contribution is -0.384. The Bertz CT molecular complexity index is 648. The van der Waals surface area contributed by atoms with Crippen LogP contribution in [0.1, 0.15) is 38.3 Å². The van der Waals surface area contributed by atoms with E-state index < -0.39 is 23.1 Å². The summed E-state index contributed by atoms with van der Waals surface area (Å²) >= 11 is 0. The number of nitro benzene ring substituents is 1. The van der Waals surface area contributed by atoms with Crippen LogP contribution >= 0.6 is 0 Å². The number of aliphatic hydroxyl groups excluding tert-OH is 1. The Labute approximate surface area is 139 Å². The van der Waals surface area contributed by atoms with Gasteiger partial charge in [-0.25, -0.2) is 0 Å². The molecule has 1 heterocycles. The molecular formula is C16H21N3O5. The van der Waals surface area contributed by atoms with Gasteiger partial charge in [-0.2, -0.15) is 0 Å². The van der Waals surface area contributed by atoms with Gasteiger partial charge in [0, 0.05) is 32.0 Å². The summed E-state index contributed by atoms with van der Waals surface area (Å²) in [4.78, 5) is 35.9. The minimum absolute atomic E-state index is 0.0400. The second-order valence-electron chi connectivity index (χ2n) is 5.90. The summed E-state index contributed by atoms with van der Waals surface area (Å²) in [5.41, 5.74) is 0.592. The summed E-state index contributed by atoms with van der Waals surface area (Å²) in [6.07, 6.45) is 0.0153. The van der Waals surface area contributed by atoms with Gasteiger partial charge in [0.15, 0.2) is 0 Å². The molecule has 3 atom stereocenters. The monoisotopic (exact) mass is 335 g/mol. The molecule has 130 valence electrons. The summed E-state index contributed by atoms with van der Waals surface area (Å²) < 4.78 is 0. The van der Waals surface area contributed by atoms with E-state index in [0.717, 1.165) is 0 Å². The number of amides is 2. The van der Waals surface area contributed by atoms with E-state index >= 15 is 0 Å². The molecular weight excluding hydrogens is 314 g/mol. The third kappa shape index (κ3) is 3.88. The minimum atomic E-state index is -0.720. The Balaban J connectivity index is 2.15. The number of nitrogens with one attached hydrogen (secondary N) is 1. The summed E-state index contributed by atoms with van der Waals surface area (Å²) in [5, 5.41) is 23.5. The van der Waals surface area contributed by atoms with Crippen molar-refractivity contribution in [3.05, 3.63) is 39.9 Å². The minimum Gasteiger partial charge on any atom is -0.391 e. The molecule has 0 aliphatic carbocycles. The molecule has 0 saturated carbocycles. The van der Waals surface area contributed by atoms with Crippen molar-refractivity contribution in [1.29, 1.82) is 0 Å². The average molecular weight is 335 g/mol. The van der Waals surface area contributed by atoms with Crippen molar-refractivity contribution >= 4 is 17.5 Å². The van der Waals surface area contributed by atoms with Crippen LogP contribution in [-0.4, -0.2) is 45.4 Å². The van der Waals surface area contributed by atoms with E-state index in [1.165, 1.54) is 24.0 Å². The second kappa shape index (κ2) is 7.39. The molecule has 2 amide bonds. The molecule has 1 aliphatic heterocycles. The van der Waals surface area contributed by atoms with Gasteiger partial charge >= 0.3 is 0 Å². The van der Waals surface area contributed by atoms with Crippen molar-refractivity contribution in [2.75, 3.05) is 6.54 Å². The molecule has 8 heteroatoms. The molecule has 1 aromatic rings. The van der Waals surface area contributed by atoms with E-state index in [4.69, 9.17) is 0 Å². The first-order valence-electron chi connectivity index (χ1n) is 7.83. The zero-order valence-corrected chi connectivity index (χ0v) is 13.6. The van der Waals surface area contributed by atoms with Crippen molar-refractivity contribution in [2.45, 2.75) is 44.9 Å². The molecule has 2 N–H and O–H groups in total. The number of carbonyl (C=O) groups is 2. The maximum absolute atomic E-state index is 12.5. The van der Waals surface area contributed by atoms with Crippen molar-refractivity contribution in [2.24, 2.45) is 0 Å². The highest BCUT2D eigenvalue weighted by atomic mass is 16.6. The van der Waals surface area contributed by atoms with Crippen molar-refractivity contribution in [1.82, 2.24) is 10.2 Å². The number of non-ortho nitro benzene ring substituents is 1. The van der Waals surface area contributed by atoms with E-state index in [2.05, 4.69) is 5.32 Å². The molecule has 1 aromatic carbocycles. The van der Waals surface area contributed by atoms with Gasteiger partial charge < -0.3 is 15.3 Å². The van der Waals surface area contributed by atoms with Crippen LogP contribution in [0.2, 0.25) is 0 Å². The number of hydrogen-bond donors (Lipinski definition) is 2. The zero-order chi connectivity index (χ0) is 17.9. The highest BCUT2D eigenvalue weighted by molar-refractivity contribution is 5.87. The molecule has 2 rings (SSSR count). The number of carbonyl (C=O) groups excluding carboxylic acids is 2. The number of benzene rings is 1. The summed E-state index contributed by atoms with van der Waals surface area (Å²) in [6.45, 7) is 3.35. The van der Waals surface area contributed by atoms with Crippen LogP contribution in [0.25, 0.3) is 0 Å². The summed E-state index contributed by atoms with van der Waals surface area (Å²) in [6, 6.07) is 5.00. The number of aliphatic hydroxyl groups is 1. The number of likely N-dealkylation sites (tertiary alicyclic amines) is 1. The summed E-state index contributed by atoms with van der Waals surface area (Å²) in [7, 11) is 0. The topological polar surface area (TPSA) is 113 Å². The van der Waals surface area contributed by atoms with Gasteiger partial charge in [0.2, 0.25) is 11.8 Å². The van der Waals surface area contributed by atoms with Crippen LogP contribution in [0.5, 0.6) is 0 Å². The predicted octanol–water partition coefficient (Wildman–Crippen LogP) is 1.14. The van der Waals surface area contributed by atoms with E-state index in [9.17, 15) is 24.8 Å². The second-order valence-corrected chi connectivity index (χ2v) is 5.90. The van der Waals surface area contributed by atoms with Crippen LogP contribution in [-0.2, 0) is 9.59 Å². The van der Waals surface area contributed by atoms with Crippen LogP contribution < -0.4 is 5.32 Å². The third-order valence-corrected chi connectivity index (χ3v) is 4.19. The highest BCUT2D eigenvalue weighted by Crippen LogP contribution is 2.24. The number of hydrogen-bond acceptors (Lipinski definition) is 5. The third-order valence-electron chi connectivity index (χ3n) is 4.19. The van der Waals surface area contributed by atoms with Crippen molar-refractivity contribution < 1.29 is 19.6 Å². The molecule has 1 aliphatic rings. The lowest BCUT2D eigenvalue weighted by atomic mass is 10.0. The maximum atomic E-state index is 12.5. The van der Waals surface area contributed by atoms with E-state index in [-0.39, 0.29) is 30.5 Å². The fraction of sp³-hybridized carbons (Fsp3) is 0.500. The van der Waals surface area contributed by atoms with Gasteiger partial charge in [-0.15, -0.1) is 0 Å². The van der Waals surface area contributed by atoms with Crippen molar-refractivity contribution in [3.8, 4) is 0 Å². The number of nitro groups is 1. The summed E-state index contributed by atoms with van der Waals surface area (Å²) in [5.74, 6) is -0.629. The van der Waals surface area contributed by atoms with Crippen LogP contribution in [0.4, 0.5) is 5.69 Å². The Kier molecular flexibility index (Phi) is 5.50. The van der Waals surface area contributed by atoms with Crippen LogP contribution in [0.15, 0.2) is 24.3 Å². The van der Waals surface area contributed by atoms with E-state index in [0.29, 0.717) is 12.0 Å². The Morgan fingerprint density at radius 1 is 1.50 bits per heavy atom. The normalized spacial score (nSPS) is 21.4. The van der Waals surface area contributed by atoms with Gasteiger partial charge in [-0.3, -0.25) is 19.7 Å². The number of β-amino-alcohol motifs (C(OH)–C–C–N with tert-alkyl or cyclic N) is 1. The first kappa shape index (κ1) is 17.9. The predicted molar refractivity (Wildman–Crippen MR) is 86.1 cm³/mol. The van der Waals surface area contributed by atoms with Crippen LogP contribution in [0.3, 0.4) is 0 Å². The largest absolute Gasteiger partial charge is 0.391 e. The molecule has 1 saturated heterocycles. The Hall–Kier alpha value is -2.48. The molecule has 24 heavy (non-hydrogen) atoms. The van der Waals surface area contributed by atoms with E-state index in [1.807, 2.05) is 6.92 Å². The van der Waals surface area contributed by atoms with E-state index in [1.54, 1.807) is 12.1 Å².